The number of benzene rings is 1. The van der Waals surface area contributed by atoms with Crippen molar-refractivity contribution in [3.63, 3.8) is 0 Å². The van der Waals surface area contributed by atoms with Gasteiger partial charge >= 0.3 is 6.09 Å². The molecule has 0 aliphatic rings. The predicted molar refractivity (Wildman–Crippen MR) is 124 cm³/mol. The molecule has 31 heavy (non-hydrogen) atoms. The zero-order valence-electron chi connectivity index (χ0n) is 18.5. The first-order chi connectivity index (χ1) is 14.6. The number of carbonyl (C=O) groups is 2. The minimum Gasteiger partial charge on any atom is -0.444 e. The lowest BCUT2D eigenvalue weighted by molar-refractivity contribution is -0.123. The summed E-state index contributed by atoms with van der Waals surface area (Å²) in [6, 6.07) is 4.25. The van der Waals surface area contributed by atoms with Crippen LogP contribution in [0.4, 0.5) is 4.79 Å². The fourth-order valence-corrected chi connectivity index (χ4v) is 3.35. The van der Waals surface area contributed by atoms with Crippen LogP contribution in [0.5, 0.6) is 0 Å². The molecule has 0 radical (unpaired) electrons. The molecule has 2 rings (SSSR count). The first kappa shape index (κ1) is 24.8. The Bertz CT molecular complexity index is 968. The maximum absolute atomic E-state index is 12.9. The molecule has 0 aliphatic carbocycles. The number of nitrogens with one attached hydrogen (secondary N) is 2. The Kier molecular flexibility index (Phi) is 9.03. The third-order valence-corrected chi connectivity index (χ3v) is 5.00. The molecule has 2 N–H and O–H groups in total. The van der Waals surface area contributed by atoms with Crippen molar-refractivity contribution in [3.8, 4) is 0 Å². The van der Waals surface area contributed by atoms with Gasteiger partial charge in [-0.05, 0) is 45.4 Å². The van der Waals surface area contributed by atoms with E-state index < -0.39 is 17.7 Å². The van der Waals surface area contributed by atoms with Gasteiger partial charge < -0.3 is 15.4 Å². The molecule has 0 saturated carbocycles. The second-order valence-corrected chi connectivity index (χ2v) is 9.33. The average molecular weight is 495 g/mol. The molecular formula is C22H31BrN4O4. The van der Waals surface area contributed by atoms with E-state index in [0.717, 1.165) is 30.2 Å². The second-order valence-electron chi connectivity index (χ2n) is 8.41. The smallest absolute Gasteiger partial charge is 0.408 e. The highest BCUT2D eigenvalue weighted by atomic mass is 79.9. The van der Waals surface area contributed by atoms with E-state index in [1.165, 1.54) is 10.9 Å². The Hall–Kier alpha value is -2.42. The van der Waals surface area contributed by atoms with E-state index in [9.17, 15) is 14.4 Å². The molecule has 0 saturated heterocycles. The van der Waals surface area contributed by atoms with Gasteiger partial charge in [0, 0.05) is 11.0 Å². The van der Waals surface area contributed by atoms with Crippen molar-refractivity contribution in [2.45, 2.75) is 71.6 Å². The van der Waals surface area contributed by atoms with Crippen LogP contribution < -0.4 is 16.2 Å². The van der Waals surface area contributed by atoms with Gasteiger partial charge in [0.1, 0.15) is 11.6 Å². The molecule has 0 bridgehead atoms. The van der Waals surface area contributed by atoms with Gasteiger partial charge in [0.25, 0.3) is 5.56 Å². The molecule has 8 nitrogen and oxygen atoms in total. The molecule has 0 fully saturated rings. The number of nitrogens with zero attached hydrogens (tertiary/aromatic N) is 2. The van der Waals surface area contributed by atoms with Gasteiger partial charge in [-0.25, -0.2) is 9.78 Å². The molecule has 1 atom stereocenters. The molecule has 1 aromatic heterocycles. The van der Waals surface area contributed by atoms with Crippen LogP contribution in [0.25, 0.3) is 10.9 Å². The summed E-state index contributed by atoms with van der Waals surface area (Å²) in [5.74, 6) is -0.372. The topological polar surface area (TPSA) is 102 Å². The third-order valence-electron chi connectivity index (χ3n) is 4.50. The molecule has 170 valence electrons. The maximum atomic E-state index is 12.9. The number of amides is 2. The van der Waals surface area contributed by atoms with E-state index in [4.69, 9.17) is 4.74 Å². The number of hydrogen-bond donors (Lipinski definition) is 2. The van der Waals surface area contributed by atoms with Crippen molar-refractivity contribution in [3.05, 3.63) is 39.4 Å². The Morgan fingerprint density at radius 3 is 2.65 bits per heavy atom. The Morgan fingerprint density at radius 1 is 1.23 bits per heavy atom. The predicted octanol–water partition coefficient (Wildman–Crippen LogP) is 3.75. The molecule has 1 aromatic carbocycles. The number of aromatic nitrogens is 2. The van der Waals surface area contributed by atoms with Gasteiger partial charge in [0.2, 0.25) is 5.91 Å². The van der Waals surface area contributed by atoms with Crippen LogP contribution in [0.3, 0.4) is 0 Å². The molecular weight excluding hydrogens is 464 g/mol. The summed E-state index contributed by atoms with van der Waals surface area (Å²) in [6.07, 6.45) is 4.74. The maximum Gasteiger partial charge on any atom is 0.408 e. The standard InChI is InChI=1S/C22H31BrN4O4/c1-5-6-7-8-11-24-19(28)18(26-21(30)31-22(2,3)4)13-27-14-25-17-10-9-15(23)12-16(17)20(27)29/h9-10,12,14,18H,5-8,11,13H2,1-4H3,(H,24,28)(H,26,30)/t18-/m0/s1. The molecule has 2 amide bonds. The lowest BCUT2D eigenvalue weighted by Gasteiger charge is -2.23. The van der Waals surface area contributed by atoms with Gasteiger partial charge in [-0.15, -0.1) is 0 Å². The van der Waals surface area contributed by atoms with Crippen LogP contribution in [0.1, 0.15) is 53.4 Å². The van der Waals surface area contributed by atoms with Crippen LogP contribution in [0.15, 0.2) is 33.8 Å². The highest BCUT2D eigenvalue weighted by molar-refractivity contribution is 9.10. The number of fused-ring (bicyclic) bond motifs is 1. The lowest BCUT2D eigenvalue weighted by atomic mass is 10.2. The summed E-state index contributed by atoms with van der Waals surface area (Å²) in [7, 11) is 0. The average Bonchev–Trinajstić information content (AvgIpc) is 2.68. The highest BCUT2D eigenvalue weighted by Gasteiger charge is 2.25. The molecule has 0 unspecified atom stereocenters. The monoisotopic (exact) mass is 494 g/mol. The molecule has 0 spiro atoms. The van der Waals surface area contributed by atoms with Crippen LogP contribution in [-0.2, 0) is 16.1 Å². The number of hydrogen-bond acceptors (Lipinski definition) is 5. The third kappa shape index (κ3) is 7.97. The Balaban J connectivity index is 2.20. The van der Waals surface area contributed by atoms with Crippen molar-refractivity contribution < 1.29 is 14.3 Å². The van der Waals surface area contributed by atoms with E-state index in [1.807, 2.05) is 0 Å². The van der Waals surface area contributed by atoms with Crippen molar-refractivity contribution in [2.24, 2.45) is 0 Å². The van der Waals surface area contributed by atoms with Crippen molar-refractivity contribution in [2.75, 3.05) is 6.54 Å². The van der Waals surface area contributed by atoms with Crippen LogP contribution in [-0.4, -0.2) is 39.7 Å². The van der Waals surface area contributed by atoms with E-state index in [2.05, 4.69) is 38.5 Å². The minimum absolute atomic E-state index is 0.0612. The van der Waals surface area contributed by atoms with Crippen LogP contribution in [0.2, 0.25) is 0 Å². The van der Waals surface area contributed by atoms with Gasteiger partial charge in [-0.1, -0.05) is 42.1 Å². The van der Waals surface area contributed by atoms with Gasteiger partial charge in [0.15, 0.2) is 0 Å². The molecule has 1 heterocycles. The number of halogens is 1. The number of unbranched alkanes of at least 4 members (excludes halogenated alkanes) is 3. The van der Waals surface area contributed by atoms with E-state index in [-0.39, 0.29) is 18.0 Å². The number of alkyl carbamates (subject to hydrolysis) is 1. The van der Waals surface area contributed by atoms with Crippen molar-refractivity contribution >= 4 is 38.8 Å². The first-order valence-electron chi connectivity index (χ1n) is 10.5. The summed E-state index contributed by atoms with van der Waals surface area (Å²) in [5, 5.41) is 5.86. The largest absolute Gasteiger partial charge is 0.444 e. The molecule has 2 aromatic rings. The lowest BCUT2D eigenvalue weighted by Crippen LogP contribution is -2.51. The SMILES string of the molecule is CCCCCCNC(=O)[C@H](Cn1cnc2ccc(Br)cc2c1=O)NC(=O)OC(C)(C)C. The number of carbonyl (C=O) groups excluding carboxylic acids is 2. The number of ether oxygens (including phenoxy) is 1. The normalized spacial score (nSPS) is 12.4. The molecule has 9 heteroatoms. The fourth-order valence-electron chi connectivity index (χ4n) is 2.99. The van der Waals surface area contributed by atoms with Crippen molar-refractivity contribution in [1.29, 1.82) is 0 Å². The summed E-state index contributed by atoms with van der Waals surface area (Å²) < 4.78 is 7.37. The first-order valence-corrected chi connectivity index (χ1v) is 11.3. The fraction of sp³-hybridized carbons (Fsp3) is 0.545. The quantitative estimate of drug-likeness (QED) is 0.516. The Morgan fingerprint density at radius 2 is 1.97 bits per heavy atom. The van der Waals surface area contributed by atoms with Gasteiger partial charge in [-0.2, -0.15) is 0 Å². The van der Waals surface area contributed by atoms with Crippen LogP contribution >= 0.6 is 15.9 Å². The van der Waals surface area contributed by atoms with Crippen LogP contribution in [0, 0.1) is 0 Å². The number of rotatable bonds is 9. The zero-order valence-corrected chi connectivity index (χ0v) is 20.1. The summed E-state index contributed by atoms with van der Waals surface area (Å²) in [4.78, 5) is 42.3. The van der Waals surface area contributed by atoms with Crippen molar-refractivity contribution in [1.82, 2.24) is 20.2 Å². The highest BCUT2D eigenvalue weighted by Crippen LogP contribution is 2.15. The van der Waals surface area contributed by atoms with E-state index in [0.29, 0.717) is 17.4 Å². The summed E-state index contributed by atoms with van der Waals surface area (Å²) in [5.41, 5.74) is -0.446. The van der Waals surface area contributed by atoms with Gasteiger partial charge in [0.05, 0.1) is 23.8 Å². The minimum atomic E-state index is -0.981. The van der Waals surface area contributed by atoms with Gasteiger partial charge in [-0.3, -0.25) is 14.2 Å². The summed E-state index contributed by atoms with van der Waals surface area (Å²) >= 11 is 3.36. The molecule has 0 aliphatic heterocycles. The van der Waals surface area contributed by atoms with E-state index in [1.54, 1.807) is 39.0 Å². The van der Waals surface area contributed by atoms with E-state index >= 15 is 0 Å². The Labute approximate surface area is 190 Å². The summed E-state index contributed by atoms with van der Waals surface area (Å²) in [6.45, 7) is 7.78. The zero-order chi connectivity index (χ0) is 23.0. The second kappa shape index (κ2) is 11.3.